The van der Waals surface area contributed by atoms with Gasteiger partial charge in [-0.15, -0.1) is 0 Å². The Bertz CT molecular complexity index is 47.8. The summed E-state index contributed by atoms with van der Waals surface area (Å²) < 4.78 is 0. The van der Waals surface area contributed by atoms with Gasteiger partial charge in [-0.2, -0.15) is 0 Å². The van der Waals surface area contributed by atoms with E-state index in [9.17, 15) is 0 Å². The first-order valence-corrected chi connectivity index (χ1v) is 3.10. The van der Waals surface area contributed by atoms with Crippen molar-refractivity contribution < 1.29 is 5.11 Å². The molecule has 2 nitrogen and oxygen atoms in total. The molecule has 0 spiro atoms. The Morgan fingerprint density at radius 3 is 2.50 bits per heavy atom. The van der Waals surface area contributed by atoms with Gasteiger partial charge in [-0.05, 0) is 26.6 Å². The maximum absolute atomic E-state index is 8.38. The van der Waals surface area contributed by atoms with E-state index in [1.54, 1.807) is 0 Å². The van der Waals surface area contributed by atoms with Gasteiger partial charge in [0, 0.05) is 6.61 Å². The second-order valence-corrected chi connectivity index (χ2v) is 1.97. The number of rotatable bonds is 4. The van der Waals surface area contributed by atoms with E-state index in [-0.39, 0.29) is 0 Å². The van der Waals surface area contributed by atoms with Gasteiger partial charge in [0.15, 0.2) is 0 Å². The van der Waals surface area contributed by atoms with Crippen molar-refractivity contribution in [2.75, 3.05) is 26.7 Å². The predicted molar refractivity (Wildman–Crippen MR) is 34.9 cm³/mol. The third-order valence-electron chi connectivity index (χ3n) is 1.24. The van der Waals surface area contributed by atoms with Crippen LogP contribution in [0.2, 0.25) is 0 Å². The first-order valence-electron chi connectivity index (χ1n) is 3.10. The molecule has 0 heterocycles. The molecule has 1 N–H and O–H groups in total. The Hall–Kier alpha value is -0.0800. The monoisotopic (exact) mass is 117 g/mol. The summed E-state index contributed by atoms with van der Waals surface area (Å²) in [5.74, 6) is 0. The van der Waals surface area contributed by atoms with Crippen LogP contribution in [0.15, 0.2) is 0 Å². The Morgan fingerprint density at radius 2 is 2.12 bits per heavy atom. The Labute approximate surface area is 51.1 Å². The van der Waals surface area contributed by atoms with Crippen molar-refractivity contribution in [3.05, 3.63) is 0 Å². The van der Waals surface area contributed by atoms with E-state index in [1.165, 1.54) is 0 Å². The molecule has 0 unspecified atom stereocenters. The van der Waals surface area contributed by atoms with Crippen LogP contribution in [-0.4, -0.2) is 36.8 Å². The second-order valence-electron chi connectivity index (χ2n) is 1.97. The SMILES string of the molecule is CCN(C)CCCO. The molecule has 0 radical (unpaired) electrons. The number of aliphatic hydroxyl groups is 1. The van der Waals surface area contributed by atoms with Crippen molar-refractivity contribution in [2.24, 2.45) is 0 Å². The van der Waals surface area contributed by atoms with Crippen molar-refractivity contribution in [3.8, 4) is 0 Å². The number of hydrogen-bond acceptors (Lipinski definition) is 2. The fraction of sp³-hybridized carbons (Fsp3) is 1.00. The standard InChI is InChI=1S/C6H15NO/c1-3-7(2)5-4-6-8/h8H,3-6H2,1-2H3. The van der Waals surface area contributed by atoms with Gasteiger partial charge >= 0.3 is 0 Å². The van der Waals surface area contributed by atoms with Crippen LogP contribution < -0.4 is 0 Å². The smallest absolute Gasteiger partial charge is 0.0443 e. The minimum atomic E-state index is 0.310. The minimum Gasteiger partial charge on any atom is -0.396 e. The van der Waals surface area contributed by atoms with Crippen LogP contribution in [-0.2, 0) is 0 Å². The van der Waals surface area contributed by atoms with Crippen LogP contribution in [0.25, 0.3) is 0 Å². The highest BCUT2D eigenvalue weighted by Crippen LogP contribution is 1.83. The Kier molecular flexibility index (Phi) is 5.01. The molecule has 2 heteroatoms. The van der Waals surface area contributed by atoms with Crippen LogP contribution >= 0.6 is 0 Å². The highest BCUT2D eigenvalue weighted by Gasteiger charge is 1.89. The molecular weight excluding hydrogens is 102 g/mol. The van der Waals surface area contributed by atoms with Gasteiger partial charge in [0.05, 0.1) is 0 Å². The van der Waals surface area contributed by atoms with Gasteiger partial charge in [0.1, 0.15) is 0 Å². The maximum atomic E-state index is 8.38. The van der Waals surface area contributed by atoms with Crippen LogP contribution in [0, 0.1) is 0 Å². The third kappa shape index (κ3) is 4.09. The van der Waals surface area contributed by atoms with E-state index in [0.717, 1.165) is 19.5 Å². The summed E-state index contributed by atoms with van der Waals surface area (Å²) in [6.07, 6.45) is 0.893. The van der Waals surface area contributed by atoms with Crippen LogP contribution in [0.3, 0.4) is 0 Å². The van der Waals surface area contributed by atoms with E-state index >= 15 is 0 Å². The zero-order valence-electron chi connectivity index (χ0n) is 5.72. The molecule has 0 aromatic heterocycles. The molecule has 0 aromatic carbocycles. The van der Waals surface area contributed by atoms with Gasteiger partial charge in [0.2, 0.25) is 0 Å². The third-order valence-corrected chi connectivity index (χ3v) is 1.24. The lowest BCUT2D eigenvalue weighted by Crippen LogP contribution is -2.19. The van der Waals surface area contributed by atoms with Crippen molar-refractivity contribution in [2.45, 2.75) is 13.3 Å². The van der Waals surface area contributed by atoms with Crippen molar-refractivity contribution in [1.82, 2.24) is 4.90 Å². The fourth-order valence-electron chi connectivity index (χ4n) is 0.499. The summed E-state index contributed by atoms with van der Waals surface area (Å²) in [4.78, 5) is 2.18. The molecule has 0 rings (SSSR count). The number of nitrogens with zero attached hydrogens (tertiary/aromatic N) is 1. The summed E-state index contributed by atoms with van der Waals surface area (Å²) in [5, 5.41) is 8.38. The molecule has 0 bridgehead atoms. The summed E-state index contributed by atoms with van der Waals surface area (Å²) in [7, 11) is 2.05. The van der Waals surface area contributed by atoms with Crippen LogP contribution in [0.4, 0.5) is 0 Å². The molecule has 0 saturated heterocycles. The topological polar surface area (TPSA) is 23.5 Å². The largest absolute Gasteiger partial charge is 0.396 e. The second kappa shape index (κ2) is 5.06. The average molecular weight is 117 g/mol. The lowest BCUT2D eigenvalue weighted by Gasteiger charge is -2.11. The zero-order valence-corrected chi connectivity index (χ0v) is 5.72. The molecule has 0 amide bonds. The highest BCUT2D eigenvalue weighted by molar-refractivity contribution is 4.44. The lowest BCUT2D eigenvalue weighted by atomic mass is 10.4. The molecule has 0 aliphatic heterocycles. The summed E-state index contributed by atoms with van der Waals surface area (Å²) in [6, 6.07) is 0. The molecule has 0 aromatic rings. The highest BCUT2D eigenvalue weighted by atomic mass is 16.3. The first-order chi connectivity index (χ1) is 3.81. The van der Waals surface area contributed by atoms with E-state index < -0.39 is 0 Å². The minimum absolute atomic E-state index is 0.310. The van der Waals surface area contributed by atoms with E-state index in [1.807, 2.05) is 0 Å². The van der Waals surface area contributed by atoms with Crippen molar-refractivity contribution in [1.29, 1.82) is 0 Å². The van der Waals surface area contributed by atoms with E-state index in [0.29, 0.717) is 6.61 Å². The molecule has 0 atom stereocenters. The van der Waals surface area contributed by atoms with Crippen molar-refractivity contribution >= 4 is 0 Å². The zero-order chi connectivity index (χ0) is 6.41. The molecule has 0 aliphatic rings. The van der Waals surface area contributed by atoms with Gasteiger partial charge in [0.25, 0.3) is 0 Å². The number of hydrogen-bond donors (Lipinski definition) is 1. The average Bonchev–Trinajstić information content (AvgIpc) is 1.83. The Morgan fingerprint density at radius 1 is 1.50 bits per heavy atom. The van der Waals surface area contributed by atoms with Gasteiger partial charge in [-0.3, -0.25) is 0 Å². The summed E-state index contributed by atoms with van der Waals surface area (Å²) in [5.41, 5.74) is 0. The van der Waals surface area contributed by atoms with Gasteiger partial charge in [-0.25, -0.2) is 0 Å². The van der Waals surface area contributed by atoms with E-state index in [2.05, 4.69) is 18.9 Å². The normalized spacial score (nSPS) is 10.5. The lowest BCUT2D eigenvalue weighted by molar-refractivity contribution is 0.252. The van der Waals surface area contributed by atoms with E-state index in [4.69, 9.17) is 5.11 Å². The number of aliphatic hydroxyl groups excluding tert-OH is 1. The van der Waals surface area contributed by atoms with Gasteiger partial charge < -0.3 is 10.0 Å². The van der Waals surface area contributed by atoms with Crippen molar-refractivity contribution in [3.63, 3.8) is 0 Å². The van der Waals surface area contributed by atoms with Gasteiger partial charge in [-0.1, -0.05) is 6.92 Å². The molecule has 0 fully saturated rings. The first kappa shape index (κ1) is 7.92. The summed E-state index contributed by atoms with van der Waals surface area (Å²) >= 11 is 0. The Balaban J connectivity index is 2.86. The van der Waals surface area contributed by atoms with Crippen LogP contribution in [0.5, 0.6) is 0 Å². The maximum Gasteiger partial charge on any atom is 0.0443 e. The molecule has 8 heavy (non-hydrogen) atoms. The predicted octanol–water partition coefficient (Wildman–Crippen LogP) is 0.321. The summed E-state index contributed by atoms with van der Waals surface area (Å²) in [6.45, 7) is 4.49. The fourth-order valence-corrected chi connectivity index (χ4v) is 0.499. The molecule has 0 aliphatic carbocycles. The molecule has 50 valence electrons. The molecule has 0 saturated carbocycles. The molecular formula is C6H15NO. The van der Waals surface area contributed by atoms with Crippen LogP contribution in [0.1, 0.15) is 13.3 Å². The quantitative estimate of drug-likeness (QED) is 0.573.